The fourth-order valence-electron chi connectivity index (χ4n) is 1.71. The van der Waals surface area contributed by atoms with Crippen molar-refractivity contribution >= 4 is 23.2 Å². The maximum atomic E-state index is 9.64. The summed E-state index contributed by atoms with van der Waals surface area (Å²) in [6.45, 7) is 4.66. The van der Waals surface area contributed by atoms with Crippen LogP contribution in [0, 0.1) is 0 Å². The largest absolute Gasteiger partial charge is 0.392 e. The van der Waals surface area contributed by atoms with E-state index in [0.717, 1.165) is 18.4 Å². The third-order valence-electron chi connectivity index (χ3n) is 2.71. The van der Waals surface area contributed by atoms with Crippen molar-refractivity contribution in [3.05, 3.63) is 33.8 Å². The zero-order valence-electron chi connectivity index (χ0n) is 10.2. The minimum atomic E-state index is -0.298. The van der Waals surface area contributed by atoms with Crippen LogP contribution in [0.15, 0.2) is 18.2 Å². The van der Waals surface area contributed by atoms with Gasteiger partial charge in [-0.1, -0.05) is 42.6 Å². The van der Waals surface area contributed by atoms with Crippen molar-refractivity contribution in [2.24, 2.45) is 0 Å². The van der Waals surface area contributed by atoms with Crippen molar-refractivity contribution in [2.75, 3.05) is 6.54 Å². The van der Waals surface area contributed by atoms with Gasteiger partial charge in [-0.3, -0.25) is 0 Å². The number of aliphatic hydroxyl groups excluding tert-OH is 1. The van der Waals surface area contributed by atoms with Gasteiger partial charge in [0.15, 0.2) is 0 Å². The maximum Gasteiger partial charge on any atom is 0.0664 e. The second kappa shape index (κ2) is 7.22. The van der Waals surface area contributed by atoms with Gasteiger partial charge in [-0.25, -0.2) is 0 Å². The lowest BCUT2D eigenvalue weighted by Gasteiger charge is -2.18. The molecule has 96 valence electrons. The predicted molar refractivity (Wildman–Crippen MR) is 73.8 cm³/mol. The molecule has 0 aliphatic carbocycles. The van der Waals surface area contributed by atoms with E-state index in [-0.39, 0.29) is 12.1 Å². The molecule has 4 heteroatoms. The highest BCUT2D eigenvalue weighted by Crippen LogP contribution is 2.25. The van der Waals surface area contributed by atoms with E-state index in [2.05, 4.69) is 12.2 Å². The lowest BCUT2D eigenvalue weighted by Crippen LogP contribution is -2.29. The van der Waals surface area contributed by atoms with Gasteiger partial charge in [0.05, 0.1) is 6.10 Å². The van der Waals surface area contributed by atoms with Crippen molar-refractivity contribution in [1.82, 2.24) is 5.32 Å². The Hall–Kier alpha value is -0.280. The van der Waals surface area contributed by atoms with Crippen LogP contribution in [-0.4, -0.2) is 17.8 Å². The third kappa shape index (κ3) is 4.84. The number of halogens is 2. The Morgan fingerprint density at radius 3 is 2.65 bits per heavy atom. The third-order valence-corrected chi connectivity index (χ3v) is 3.27. The van der Waals surface area contributed by atoms with Crippen molar-refractivity contribution in [3.63, 3.8) is 0 Å². The fraction of sp³-hybridized carbons (Fsp3) is 0.538. The maximum absolute atomic E-state index is 9.64. The topological polar surface area (TPSA) is 32.3 Å². The Kier molecular flexibility index (Phi) is 6.28. The first kappa shape index (κ1) is 14.8. The van der Waals surface area contributed by atoms with E-state index >= 15 is 0 Å². The molecule has 17 heavy (non-hydrogen) atoms. The summed E-state index contributed by atoms with van der Waals surface area (Å²) in [6.07, 6.45) is 1.50. The molecule has 0 saturated carbocycles. The van der Waals surface area contributed by atoms with Crippen LogP contribution in [0.3, 0.4) is 0 Å². The first-order valence-corrected chi connectivity index (χ1v) is 6.66. The van der Waals surface area contributed by atoms with Gasteiger partial charge in [0, 0.05) is 22.6 Å². The van der Waals surface area contributed by atoms with E-state index < -0.39 is 0 Å². The number of hydrogen-bond acceptors (Lipinski definition) is 2. The summed E-state index contributed by atoms with van der Waals surface area (Å²) in [7, 11) is 0. The molecule has 0 aromatic heterocycles. The summed E-state index contributed by atoms with van der Waals surface area (Å²) in [5, 5.41) is 14.2. The molecule has 2 N–H and O–H groups in total. The van der Waals surface area contributed by atoms with Gasteiger partial charge in [-0.05, 0) is 31.0 Å². The van der Waals surface area contributed by atoms with E-state index in [1.54, 1.807) is 6.07 Å². The van der Waals surface area contributed by atoms with E-state index in [4.69, 9.17) is 23.2 Å². The highest BCUT2D eigenvalue weighted by atomic mass is 35.5. The smallest absolute Gasteiger partial charge is 0.0664 e. The van der Waals surface area contributed by atoms with Gasteiger partial charge in [-0.2, -0.15) is 0 Å². The second-order valence-electron chi connectivity index (χ2n) is 4.24. The van der Waals surface area contributed by atoms with E-state index in [1.165, 1.54) is 0 Å². The van der Waals surface area contributed by atoms with Crippen LogP contribution in [0.25, 0.3) is 0 Å². The Balaban J connectivity index is 2.54. The van der Waals surface area contributed by atoms with E-state index in [9.17, 15) is 5.11 Å². The van der Waals surface area contributed by atoms with Gasteiger partial charge < -0.3 is 10.4 Å². The van der Waals surface area contributed by atoms with Gasteiger partial charge in [0.25, 0.3) is 0 Å². The van der Waals surface area contributed by atoms with Crippen molar-refractivity contribution in [1.29, 1.82) is 0 Å². The van der Waals surface area contributed by atoms with Crippen LogP contribution >= 0.6 is 23.2 Å². The van der Waals surface area contributed by atoms with E-state index in [0.29, 0.717) is 16.6 Å². The quantitative estimate of drug-likeness (QED) is 0.828. The number of nitrogens with one attached hydrogen (secondary N) is 1. The number of aliphatic hydroxyl groups is 1. The molecule has 0 spiro atoms. The molecule has 0 amide bonds. The summed E-state index contributed by atoms with van der Waals surface area (Å²) in [4.78, 5) is 0. The normalized spacial score (nSPS) is 14.6. The fourth-order valence-corrected chi connectivity index (χ4v) is 2.28. The van der Waals surface area contributed by atoms with Crippen LogP contribution in [-0.2, 0) is 0 Å². The summed E-state index contributed by atoms with van der Waals surface area (Å²) < 4.78 is 0. The average molecular weight is 276 g/mol. The first-order valence-electron chi connectivity index (χ1n) is 5.91. The lowest BCUT2D eigenvalue weighted by molar-refractivity contribution is 0.157. The molecule has 0 aliphatic rings. The average Bonchev–Trinajstić information content (AvgIpc) is 2.26. The zero-order chi connectivity index (χ0) is 12.8. The highest BCUT2D eigenvalue weighted by molar-refractivity contribution is 6.35. The van der Waals surface area contributed by atoms with Gasteiger partial charge in [0.2, 0.25) is 0 Å². The Morgan fingerprint density at radius 2 is 2.06 bits per heavy atom. The number of hydrogen-bond donors (Lipinski definition) is 2. The predicted octanol–water partition coefficient (Wildman–Crippen LogP) is 3.81. The molecule has 0 radical (unpaired) electrons. The molecule has 2 atom stereocenters. The zero-order valence-corrected chi connectivity index (χ0v) is 11.7. The van der Waals surface area contributed by atoms with Crippen molar-refractivity contribution in [2.45, 2.75) is 38.8 Å². The molecule has 0 heterocycles. The van der Waals surface area contributed by atoms with Crippen LogP contribution in [0.5, 0.6) is 0 Å². The lowest BCUT2D eigenvalue weighted by atomic mass is 10.1. The summed E-state index contributed by atoms with van der Waals surface area (Å²) >= 11 is 12.0. The Bertz CT molecular complexity index is 357. The van der Waals surface area contributed by atoms with Crippen LogP contribution < -0.4 is 5.32 Å². The molecule has 0 bridgehead atoms. The Labute approximate surface area is 113 Å². The number of benzene rings is 1. The molecule has 1 aromatic carbocycles. The molecule has 0 fully saturated rings. The van der Waals surface area contributed by atoms with Gasteiger partial charge in [-0.15, -0.1) is 0 Å². The molecular formula is C13H19Cl2NO. The van der Waals surface area contributed by atoms with Crippen LogP contribution in [0.1, 0.15) is 38.3 Å². The number of rotatable bonds is 6. The molecule has 0 saturated heterocycles. The van der Waals surface area contributed by atoms with E-state index in [1.807, 2.05) is 19.1 Å². The second-order valence-corrected chi connectivity index (χ2v) is 5.08. The standard InChI is InChI=1S/C13H19Cl2NO/c1-3-4-11(17)8-16-9(2)12-6-5-10(14)7-13(12)15/h5-7,9,11,16-17H,3-4,8H2,1-2H3. The van der Waals surface area contributed by atoms with Gasteiger partial charge in [0.1, 0.15) is 0 Å². The van der Waals surface area contributed by atoms with Gasteiger partial charge >= 0.3 is 0 Å². The molecule has 2 nitrogen and oxygen atoms in total. The summed E-state index contributed by atoms with van der Waals surface area (Å²) in [5.41, 5.74) is 1.000. The first-order chi connectivity index (χ1) is 8.04. The molecule has 1 aromatic rings. The molecule has 1 rings (SSSR count). The summed E-state index contributed by atoms with van der Waals surface area (Å²) in [5.74, 6) is 0. The molecular weight excluding hydrogens is 257 g/mol. The molecule has 2 unspecified atom stereocenters. The van der Waals surface area contributed by atoms with Crippen LogP contribution in [0.2, 0.25) is 10.0 Å². The monoisotopic (exact) mass is 275 g/mol. The van der Waals surface area contributed by atoms with Crippen molar-refractivity contribution < 1.29 is 5.11 Å². The molecule has 0 aliphatic heterocycles. The van der Waals surface area contributed by atoms with Crippen molar-refractivity contribution in [3.8, 4) is 0 Å². The minimum Gasteiger partial charge on any atom is -0.392 e. The van der Waals surface area contributed by atoms with Crippen LogP contribution in [0.4, 0.5) is 0 Å². The Morgan fingerprint density at radius 1 is 1.35 bits per heavy atom. The minimum absolute atomic E-state index is 0.103. The summed E-state index contributed by atoms with van der Waals surface area (Å²) in [6, 6.07) is 5.57. The highest BCUT2D eigenvalue weighted by Gasteiger charge is 2.11. The SMILES string of the molecule is CCCC(O)CNC(C)c1ccc(Cl)cc1Cl.